The average molecular weight is 321 g/mol. The number of nitrogens with one attached hydrogen (secondary N) is 1. The average Bonchev–Trinajstić information content (AvgIpc) is 2.60. The number of hydrogen-bond acceptors (Lipinski definition) is 4. The van der Waals surface area contributed by atoms with Gasteiger partial charge in [-0.3, -0.25) is 14.9 Å². The molecule has 2 aromatic rings. The van der Waals surface area contributed by atoms with Crippen LogP contribution in [0, 0.1) is 21.4 Å². The van der Waals surface area contributed by atoms with Crippen molar-refractivity contribution in [3.8, 4) is 6.07 Å². The standard InChI is InChI=1S/C18H15N3O3/c19-13-16(12-15-6-8-17(9-7-15)21(23)24)18(22)20-11-10-14-4-2-1-3-5-14/h1-9,12H,10-11H2,(H,20,22)/b16-12-. The molecular formula is C18H15N3O3. The number of nitriles is 1. The Balaban J connectivity index is 1.97. The highest BCUT2D eigenvalue weighted by atomic mass is 16.6. The Morgan fingerprint density at radius 1 is 1.17 bits per heavy atom. The maximum Gasteiger partial charge on any atom is 0.269 e. The molecule has 120 valence electrons. The number of benzene rings is 2. The number of carbonyl (C=O) groups is 1. The molecule has 6 heteroatoms. The fraction of sp³-hybridized carbons (Fsp3) is 0.111. The van der Waals surface area contributed by atoms with Gasteiger partial charge in [-0.2, -0.15) is 5.26 Å². The highest BCUT2D eigenvalue weighted by Gasteiger charge is 2.09. The van der Waals surface area contributed by atoms with Gasteiger partial charge in [0.1, 0.15) is 11.6 Å². The first-order chi connectivity index (χ1) is 11.6. The molecular weight excluding hydrogens is 306 g/mol. The van der Waals surface area contributed by atoms with E-state index in [9.17, 15) is 14.9 Å². The SMILES string of the molecule is N#C/C(=C/c1ccc([N+](=O)[O-])cc1)C(=O)NCCc1ccccc1. The molecule has 0 bridgehead atoms. The summed E-state index contributed by atoms with van der Waals surface area (Å²) in [5.74, 6) is -0.466. The summed E-state index contributed by atoms with van der Waals surface area (Å²) in [5.41, 5.74) is 1.56. The Labute approximate surface area is 139 Å². The molecule has 0 saturated heterocycles. The van der Waals surface area contributed by atoms with Crippen molar-refractivity contribution in [2.45, 2.75) is 6.42 Å². The minimum Gasteiger partial charge on any atom is -0.351 e. The van der Waals surface area contributed by atoms with E-state index in [1.54, 1.807) is 0 Å². The fourth-order valence-corrected chi connectivity index (χ4v) is 2.07. The molecule has 2 rings (SSSR count). The van der Waals surface area contributed by atoms with E-state index in [0.717, 1.165) is 5.56 Å². The zero-order chi connectivity index (χ0) is 17.4. The molecule has 24 heavy (non-hydrogen) atoms. The number of nitro benzene ring substituents is 1. The molecule has 0 aromatic heterocycles. The molecule has 0 unspecified atom stereocenters. The number of hydrogen-bond donors (Lipinski definition) is 1. The van der Waals surface area contributed by atoms with Crippen LogP contribution in [-0.4, -0.2) is 17.4 Å². The lowest BCUT2D eigenvalue weighted by molar-refractivity contribution is -0.384. The van der Waals surface area contributed by atoms with Crippen LogP contribution in [0.25, 0.3) is 6.08 Å². The Morgan fingerprint density at radius 2 is 1.83 bits per heavy atom. The number of rotatable bonds is 6. The van der Waals surface area contributed by atoms with Crippen molar-refractivity contribution in [1.29, 1.82) is 5.26 Å². The van der Waals surface area contributed by atoms with Gasteiger partial charge in [-0.05, 0) is 35.8 Å². The second-order valence-electron chi connectivity index (χ2n) is 5.01. The summed E-state index contributed by atoms with van der Waals surface area (Å²) in [6.07, 6.45) is 2.07. The second kappa shape index (κ2) is 8.25. The van der Waals surface area contributed by atoms with E-state index >= 15 is 0 Å². The Morgan fingerprint density at radius 3 is 2.42 bits per heavy atom. The molecule has 0 aliphatic rings. The monoisotopic (exact) mass is 321 g/mol. The molecule has 0 heterocycles. The van der Waals surface area contributed by atoms with Crippen molar-refractivity contribution in [3.63, 3.8) is 0 Å². The molecule has 0 spiro atoms. The lowest BCUT2D eigenvalue weighted by atomic mass is 10.1. The number of amides is 1. The van der Waals surface area contributed by atoms with E-state index in [-0.39, 0.29) is 11.3 Å². The van der Waals surface area contributed by atoms with Crippen molar-refractivity contribution < 1.29 is 9.72 Å². The first-order valence-electron chi connectivity index (χ1n) is 7.28. The van der Waals surface area contributed by atoms with Gasteiger partial charge in [-0.25, -0.2) is 0 Å². The molecule has 1 N–H and O–H groups in total. The fourth-order valence-electron chi connectivity index (χ4n) is 2.07. The van der Waals surface area contributed by atoms with E-state index in [2.05, 4.69) is 5.32 Å². The highest BCUT2D eigenvalue weighted by molar-refractivity contribution is 6.01. The maximum absolute atomic E-state index is 12.0. The molecule has 0 saturated carbocycles. The van der Waals surface area contributed by atoms with Gasteiger partial charge in [0.05, 0.1) is 4.92 Å². The van der Waals surface area contributed by atoms with Crippen LogP contribution in [0.4, 0.5) is 5.69 Å². The Bertz CT molecular complexity index is 791. The van der Waals surface area contributed by atoms with Gasteiger partial charge in [-0.15, -0.1) is 0 Å². The van der Waals surface area contributed by atoms with E-state index in [1.165, 1.54) is 30.3 Å². The quantitative estimate of drug-likeness (QED) is 0.383. The van der Waals surface area contributed by atoms with Gasteiger partial charge in [0, 0.05) is 18.7 Å². The van der Waals surface area contributed by atoms with Gasteiger partial charge in [-0.1, -0.05) is 30.3 Å². The molecule has 1 amide bonds. The van der Waals surface area contributed by atoms with Crippen LogP contribution in [0.15, 0.2) is 60.2 Å². The van der Waals surface area contributed by atoms with Gasteiger partial charge in [0.2, 0.25) is 0 Å². The second-order valence-corrected chi connectivity index (χ2v) is 5.01. The molecule has 0 aliphatic heterocycles. The molecule has 2 aromatic carbocycles. The third-order valence-electron chi connectivity index (χ3n) is 3.32. The predicted octanol–water partition coefficient (Wildman–Crippen LogP) is 2.86. The molecule has 0 fully saturated rings. The molecule has 0 radical (unpaired) electrons. The lowest BCUT2D eigenvalue weighted by Gasteiger charge is -2.04. The Kier molecular flexibility index (Phi) is 5.81. The summed E-state index contributed by atoms with van der Waals surface area (Å²) in [7, 11) is 0. The van der Waals surface area contributed by atoms with Crippen molar-refractivity contribution >= 4 is 17.7 Å². The van der Waals surface area contributed by atoms with Crippen LogP contribution < -0.4 is 5.32 Å². The minimum atomic E-state index is -0.505. The number of carbonyl (C=O) groups excluding carboxylic acids is 1. The minimum absolute atomic E-state index is 0.0435. The summed E-state index contributed by atoms with van der Waals surface area (Å²) < 4.78 is 0. The van der Waals surface area contributed by atoms with Crippen molar-refractivity contribution in [3.05, 3.63) is 81.4 Å². The summed E-state index contributed by atoms with van der Waals surface area (Å²) >= 11 is 0. The van der Waals surface area contributed by atoms with Crippen LogP contribution >= 0.6 is 0 Å². The summed E-state index contributed by atoms with van der Waals surface area (Å²) in [4.78, 5) is 22.1. The van der Waals surface area contributed by atoms with E-state index in [0.29, 0.717) is 18.5 Å². The third kappa shape index (κ3) is 4.78. The maximum atomic E-state index is 12.0. The van der Waals surface area contributed by atoms with Crippen molar-refractivity contribution in [1.82, 2.24) is 5.32 Å². The number of nitro groups is 1. The van der Waals surface area contributed by atoms with Gasteiger partial charge in [0.25, 0.3) is 11.6 Å². The smallest absolute Gasteiger partial charge is 0.269 e. The van der Waals surface area contributed by atoms with Crippen LogP contribution in [0.5, 0.6) is 0 Å². The van der Waals surface area contributed by atoms with Crippen LogP contribution in [0.3, 0.4) is 0 Å². The Hall–Kier alpha value is -3.46. The summed E-state index contributed by atoms with van der Waals surface area (Å²) in [6.45, 7) is 0.419. The zero-order valence-corrected chi connectivity index (χ0v) is 12.8. The van der Waals surface area contributed by atoms with E-state index in [1.807, 2.05) is 36.4 Å². The van der Waals surface area contributed by atoms with Crippen LogP contribution in [0.2, 0.25) is 0 Å². The first kappa shape index (κ1) is 16.9. The molecule has 0 aliphatic carbocycles. The lowest BCUT2D eigenvalue weighted by Crippen LogP contribution is -2.26. The number of non-ortho nitro benzene ring substituents is 1. The summed E-state index contributed by atoms with van der Waals surface area (Å²) in [6, 6.07) is 17.2. The zero-order valence-electron chi connectivity index (χ0n) is 12.8. The van der Waals surface area contributed by atoms with Gasteiger partial charge < -0.3 is 5.32 Å². The topological polar surface area (TPSA) is 96.0 Å². The predicted molar refractivity (Wildman–Crippen MR) is 89.8 cm³/mol. The van der Waals surface area contributed by atoms with E-state index < -0.39 is 10.8 Å². The normalized spacial score (nSPS) is 10.7. The highest BCUT2D eigenvalue weighted by Crippen LogP contribution is 2.14. The van der Waals surface area contributed by atoms with Crippen molar-refractivity contribution in [2.75, 3.05) is 6.54 Å². The third-order valence-corrected chi connectivity index (χ3v) is 3.32. The van der Waals surface area contributed by atoms with Gasteiger partial charge in [0.15, 0.2) is 0 Å². The van der Waals surface area contributed by atoms with Crippen LogP contribution in [0.1, 0.15) is 11.1 Å². The molecule has 6 nitrogen and oxygen atoms in total. The summed E-state index contributed by atoms with van der Waals surface area (Å²) in [5, 5.41) is 22.4. The number of nitrogens with zero attached hydrogens (tertiary/aromatic N) is 2. The van der Waals surface area contributed by atoms with Crippen LogP contribution in [-0.2, 0) is 11.2 Å². The van der Waals surface area contributed by atoms with Gasteiger partial charge >= 0.3 is 0 Å². The largest absolute Gasteiger partial charge is 0.351 e. The molecule has 0 atom stereocenters. The van der Waals surface area contributed by atoms with Crippen molar-refractivity contribution in [2.24, 2.45) is 0 Å². The first-order valence-corrected chi connectivity index (χ1v) is 7.28. The van der Waals surface area contributed by atoms with E-state index in [4.69, 9.17) is 5.26 Å².